The third kappa shape index (κ3) is 4.28. The van der Waals surface area contributed by atoms with Crippen LogP contribution in [0, 0.1) is 17.1 Å². The third-order valence-corrected chi connectivity index (χ3v) is 5.09. The van der Waals surface area contributed by atoms with E-state index in [-0.39, 0.29) is 5.02 Å². The number of nitrogens with one attached hydrogen (secondary N) is 3. The molecular weight excluding hydrogens is 419 g/mol. The van der Waals surface area contributed by atoms with Gasteiger partial charge in [0.05, 0.1) is 46.5 Å². The first-order valence-electron chi connectivity index (χ1n) is 9.44. The highest BCUT2D eigenvalue weighted by Gasteiger charge is 2.17. The van der Waals surface area contributed by atoms with E-state index in [2.05, 4.69) is 31.7 Å². The number of fused-ring (bicyclic) bond motifs is 1. The number of nitrogens with zero attached hydrogens (tertiary/aromatic N) is 3. The zero-order chi connectivity index (χ0) is 22.0. The molecule has 0 saturated carbocycles. The zero-order valence-corrected chi connectivity index (χ0v) is 17.2. The number of rotatable bonds is 6. The van der Waals surface area contributed by atoms with Gasteiger partial charge in [0.25, 0.3) is 0 Å². The van der Waals surface area contributed by atoms with Crippen LogP contribution in [-0.4, -0.2) is 20.1 Å². The Bertz CT molecular complexity index is 1280. The third-order valence-electron chi connectivity index (χ3n) is 4.80. The van der Waals surface area contributed by atoms with Gasteiger partial charge < -0.3 is 20.7 Å². The van der Waals surface area contributed by atoms with E-state index in [4.69, 9.17) is 11.6 Å². The lowest BCUT2D eigenvalue weighted by atomic mass is 10.0. The summed E-state index contributed by atoms with van der Waals surface area (Å²) in [5.41, 5.74) is 4.09. The number of H-pyrrole nitrogens is 1. The van der Waals surface area contributed by atoms with Gasteiger partial charge in [-0.15, -0.1) is 0 Å². The average Bonchev–Trinajstić information content (AvgIpc) is 3.28. The maximum absolute atomic E-state index is 13.6. The number of hydrogen-bond donors (Lipinski definition) is 4. The molecule has 0 saturated heterocycles. The van der Waals surface area contributed by atoms with Crippen LogP contribution in [0.25, 0.3) is 10.9 Å². The molecule has 0 aliphatic carbocycles. The van der Waals surface area contributed by atoms with Crippen LogP contribution in [-0.2, 0) is 6.54 Å². The summed E-state index contributed by atoms with van der Waals surface area (Å²) in [6, 6.07) is 10.0. The molecule has 1 unspecified atom stereocenters. The second-order valence-electron chi connectivity index (χ2n) is 6.98. The molecule has 4 N–H and O–H groups in total. The SMILES string of the molecule is CC(O)c1cc(NCc2cnc[nH]2)cc2c(Nc3ccc(F)c(Cl)c3)c(C#N)cnc12. The Hall–Kier alpha value is -3.67. The van der Waals surface area contributed by atoms with E-state index in [1.54, 1.807) is 19.4 Å². The van der Waals surface area contributed by atoms with E-state index in [1.165, 1.54) is 24.4 Å². The number of benzene rings is 2. The number of aliphatic hydroxyl groups is 1. The van der Waals surface area contributed by atoms with Gasteiger partial charge in [0.15, 0.2) is 0 Å². The number of aromatic nitrogens is 3. The number of imidazole rings is 1. The lowest BCUT2D eigenvalue weighted by Gasteiger charge is -2.17. The van der Waals surface area contributed by atoms with Crippen molar-refractivity contribution >= 4 is 39.6 Å². The Morgan fingerprint density at radius 1 is 1.26 bits per heavy atom. The van der Waals surface area contributed by atoms with Crippen molar-refractivity contribution in [3.8, 4) is 6.07 Å². The molecule has 2 heterocycles. The number of pyridine rings is 1. The quantitative estimate of drug-likeness (QED) is 0.337. The van der Waals surface area contributed by atoms with Gasteiger partial charge in [-0.05, 0) is 37.3 Å². The van der Waals surface area contributed by atoms with E-state index in [0.717, 1.165) is 11.4 Å². The van der Waals surface area contributed by atoms with Crippen molar-refractivity contribution in [2.75, 3.05) is 10.6 Å². The highest BCUT2D eigenvalue weighted by Crippen LogP contribution is 2.35. The van der Waals surface area contributed by atoms with E-state index >= 15 is 0 Å². The number of hydrogen-bond acceptors (Lipinski definition) is 6. The molecular formula is C22H18ClFN6O. The predicted molar refractivity (Wildman–Crippen MR) is 118 cm³/mol. The monoisotopic (exact) mass is 436 g/mol. The largest absolute Gasteiger partial charge is 0.389 e. The van der Waals surface area contributed by atoms with Gasteiger partial charge in [0.1, 0.15) is 11.9 Å². The summed E-state index contributed by atoms with van der Waals surface area (Å²) in [6.07, 6.45) is 3.96. The molecule has 31 heavy (non-hydrogen) atoms. The van der Waals surface area contributed by atoms with Gasteiger partial charge in [0, 0.05) is 34.7 Å². The Morgan fingerprint density at radius 2 is 2.10 bits per heavy atom. The van der Waals surface area contributed by atoms with Gasteiger partial charge in [-0.1, -0.05) is 11.6 Å². The number of aliphatic hydroxyl groups excluding tert-OH is 1. The summed E-state index contributed by atoms with van der Waals surface area (Å²) >= 11 is 5.91. The summed E-state index contributed by atoms with van der Waals surface area (Å²) < 4.78 is 13.6. The Labute approximate surface area is 182 Å². The maximum atomic E-state index is 13.6. The topological polar surface area (TPSA) is 110 Å². The predicted octanol–water partition coefficient (Wildman–Crippen LogP) is 5.03. The van der Waals surface area contributed by atoms with Crippen molar-refractivity contribution in [1.29, 1.82) is 5.26 Å². The first kappa shape index (κ1) is 20.6. The minimum atomic E-state index is -0.787. The van der Waals surface area contributed by atoms with Crippen molar-refractivity contribution in [2.24, 2.45) is 0 Å². The van der Waals surface area contributed by atoms with Gasteiger partial charge in [-0.25, -0.2) is 9.37 Å². The molecule has 0 radical (unpaired) electrons. The molecule has 0 aliphatic rings. The minimum absolute atomic E-state index is 0.0338. The smallest absolute Gasteiger partial charge is 0.141 e. The van der Waals surface area contributed by atoms with E-state index in [0.29, 0.717) is 39.9 Å². The van der Waals surface area contributed by atoms with Crippen molar-refractivity contribution in [2.45, 2.75) is 19.6 Å². The van der Waals surface area contributed by atoms with Crippen molar-refractivity contribution in [3.63, 3.8) is 0 Å². The summed E-state index contributed by atoms with van der Waals surface area (Å²) in [6.45, 7) is 2.15. The van der Waals surface area contributed by atoms with Crippen LogP contribution in [0.15, 0.2) is 49.1 Å². The number of halogens is 2. The Kier molecular flexibility index (Phi) is 5.71. The van der Waals surface area contributed by atoms with Crippen molar-refractivity contribution in [3.05, 3.63) is 76.7 Å². The fourth-order valence-corrected chi connectivity index (χ4v) is 3.45. The minimum Gasteiger partial charge on any atom is -0.389 e. The molecule has 156 valence electrons. The van der Waals surface area contributed by atoms with Crippen LogP contribution >= 0.6 is 11.6 Å². The highest BCUT2D eigenvalue weighted by molar-refractivity contribution is 6.31. The molecule has 0 aliphatic heterocycles. The maximum Gasteiger partial charge on any atom is 0.141 e. The molecule has 0 fully saturated rings. The fourth-order valence-electron chi connectivity index (χ4n) is 3.27. The lowest BCUT2D eigenvalue weighted by Crippen LogP contribution is -2.04. The average molecular weight is 437 g/mol. The summed E-state index contributed by atoms with van der Waals surface area (Å²) in [4.78, 5) is 11.4. The van der Waals surface area contributed by atoms with Crippen LogP contribution in [0.1, 0.15) is 29.8 Å². The van der Waals surface area contributed by atoms with Gasteiger partial charge in [-0.3, -0.25) is 4.98 Å². The van der Waals surface area contributed by atoms with Gasteiger partial charge in [0.2, 0.25) is 0 Å². The summed E-state index contributed by atoms with van der Waals surface area (Å²) in [7, 11) is 0. The standard InChI is InChI=1S/C22H18ClFN6O/c1-12(31)17-4-15(27-10-16-9-26-11-29-16)5-18-21(13(7-25)8-28-22(17)18)30-14-2-3-20(24)19(23)6-14/h2-6,8-9,11-12,27,31H,10H2,1H3,(H,26,29)(H,28,30). The van der Waals surface area contributed by atoms with Crippen LogP contribution in [0.3, 0.4) is 0 Å². The molecule has 2 aromatic heterocycles. The fraction of sp³-hybridized carbons (Fsp3) is 0.136. The Balaban J connectivity index is 1.84. The normalized spacial score (nSPS) is 11.8. The van der Waals surface area contributed by atoms with E-state index < -0.39 is 11.9 Å². The summed E-state index contributed by atoms with van der Waals surface area (Å²) in [5.74, 6) is -0.533. The Morgan fingerprint density at radius 3 is 2.77 bits per heavy atom. The molecule has 9 heteroatoms. The summed E-state index contributed by atoms with van der Waals surface area (Å²) in [5, 5.41) is 27.0. The molecule has 7 nitrogen and oxygen atoms in total. The molecule has 0 bridgehead atoms. The van der Waals surface area contributed by atoms with Crippen molar-refractivity contribution < 1.29 is 9.50 Å². The van der Waals surface area contributed by atoms with Crippen molar-refractivity contribution in [1.82, 2.24) is 15.0 Å². The number of aromatic amines is 1. The molecule has 1 atom stereocenters. The molecule has 0 spiro atoms. The lowest BCUT2D eigenvalue weighted by molar-refractivity contribution is 0.200. The van der Waals surface area contributed by atoms with E-state index in [1.807, 2.05) is 12.1 Å². The first-order valence-corrected chi connectivity index (χ1v) is 9.82. The second-order valence-corrected chi connectivity index (χ2v) is 7.39. The number of anilines is 3. The zero-order valence-electron chi connectivity index (χ0n) is 16.4. The van der Waals surface area contributed by atoms with Gasteiger partial charge >= 0.3 is 0 Å². The molecule has 0 amide bonds. The first-order chi connectivity index (χ1) is 15.0. The molecule has 4 aromatic rings. The van der Waals surface area contributed by atoms with E-state index in [9.17, 15) is 14.8 Å². The van der Waals surface area contributed by atoms with Crippen LogP contribution in [0.2, 0.25) is 5.02 Å². The van der Waals surface area contributed by atoms with Crippen LogP contribution in [0.5, 0.6) is 0 Å². The van der Waals surface area contributed by atoms with Gasteiger partial charge in [-0.2, -0.15) is 5.26 Å². The molecule has 2 aromatic carbocycles. The van der Waals surface area contributed by atoms with Crippen LogP contribution in [0.4, 0.5) is 21.5 Å². The number of nitriles is 1. The molecule has 4 rings (SSSR count). The van der Waals surface area contributed by atoms with Crippen LogP contribution < -0.4 is 10.6 Å². The highest BCUT2D eigenvalue weighted by atomic mass is 35.5. The second kappa shape index (κ2) is 8.60.